The number of benzene rings is 1. The second-order valence-electron chi connectivity index (χ2n) is 3.00. The monoisotopic (exact) mass is 250 g/mol. The minimum Gasteiger partial charge on any atom is -0.329 e. The van der Waals surface area contributed by atoms with E-state index in [2.05, 4.69) is 9.78 Å². The molecule has 0 radical (unpaired) electrons. The van der Waals surface area contributed by atoms with Crippen molar-refractivity contribution in [3.05, 3.63) is 29.8 Å². The summed E-state index contributed by atoms with van der Waals surface area (Å²) in [7, 11) is 0. The minimum atomic E-state index is -4.86. The Labute approximate surface area is 94.2 Å². The summed E-state index contributed by atoms with van der Waals surface area (Å²) in [6, 6.07) is 5.32. The van der Waals surface area contributed by atoms with Crippen LogP contribution in [0.4, 0.5) is 13.2 Å². The number of rotatable bonds is 4. The zero-order chi connectivity index (χ0) is 12.9. The van der Waals surface area contributed by atoms with Gasteiger partial charge in [-0.1, -0.05) is 17.0 Å². The lowest BCUT2D eigenvalue weighted by molar-refractivity contribution is -0.444. The van der Waals surface area contributed by atoms with Crippen LogP contribution in [0.5, 0.6) is 5.75 Å². The number of hydrogen-bond acceptors (Lipinski definition) is 4. The molecule has 5 nitrogen and oxygen atoms in total. The largest absolute Gasteiger partial charge is 0.558 e. The number of nitrogens with one attached hydrogen (secondary N) is 1. The SMILES string of the molecule is NNC(=O)Cc1ccc(OOC(F)(F)F)cc1. The van der Waals surface area contributed by atoms with Crippen molar-refractivity contribution in [1.82, 2.24) is 5.43 Å². The van der Waals surface area contributed by atoms with Crippen LogP contribution in [0.3, 0.4) is 0 Å². The highest BCUT2D eigenvalue weighted by atomic mass is 19.4. The van der Waals surface area contributed by atoms with Gasteiger partial charge >= 0.3 is 6.36 Å². The van der Waals surface area contributed by atoms with Crippen LogP contribution >= 0.6 is 0 Å². The maximum atomic E-state index is 11.6. The Bertz CT molecular complexity index is 378. The lowest BCUT2D eigenvalue weighted by atomic mass is 10.1. The number of hydrazine groups is 1. The third-order valence-corrected chi connectivity index (χ3v) is 1.68. The smallest absolute Gasteiger partial charge is 0.329 e. The molecule has 94 valence electrons. The molecule has 3 N–H and O–H groups in total. The Hall–Kier alpha value is -1.80. The highest BCUT2D eigenvalue weighted by Gasteiger charge is 2.32. The normalized spacial score (nSPS) is 11.1. The topological polar surface area (TPSA) is 73.6 Å². The number of alkyl halides is 3. The zero-order valence-electron chi connectivity index (χ0n) is 8.45. The van der Waals surface area contributed by atoms with Crippen LogP contribution in [-0.2, 0) is 16.1 Å². The van der Waals surface area contributed by atoms with Crippen molar-refractivity contribution in [1.29, 1.82) is 0 Å². The molecule has 0 heterocycles. The number of nitrogens with two attached hydrogens (primary N) is 1. The molecule has 0 unspecified atom stereocenters. The molecule has 0 aliphatic heterocycles. The molecular weight excluding hydrogens is 241 g/mol. The Kier molecular flexibility index (Phi) is 4.30. The van der Waals surface area contributed by atoms with E-state index in [1.807, 2.05) is 5.43 Å². The molecule has 0 fully saturated rings. The van der Waals surface area contributed by atoms with Gasteiger partial charge in [-0.2, -0.15) is 0 Å². The van der Waals surface area contributed by atoms with Gasteiger partial charge in [-0.3, -0.25) is 10.2 Å². The molecule has 0 saturated carbocycles. The van der Waals surface area contributed by atoms with Crippen molar-refractivity contribution in [2.24, 2.45) is 5.84 Å². The van der Waals surface area contributed by atoms with Gasteiger partial charge in [0, 0.05) is 0 Å². The molecule has 0 saturated heterocycles. The Morgan fingerprint density at radius 1 is 1.29 bits per heavy atom. The molecule has 17 heavy (non-hydrogen) atoms. The van der Waals surface area contributed by atoms with Gasteiger partial charge in [0.1, 0.15) is 0 Å². The van der Waals surface area contributed by atoms with Crippen LogP contribution in [0.2, 0.25) is 0 Å². The van der Waals surface area contributed by atoms with Crippen LogP contribution < -0.4 is 16.2 Å². The van der Waals surface area contributed by atoms with Gasteiger partial charge in [0.05, 0.1) is 6.42 Å². The lowest BCUT2D eigenvalue weighted by Gasteiger charge is -2.07. The van der Waals surface area contributed by atoms with Gasteiger partial charge in [-0.25, -0.2) is 5.84 Å². The second-order valence-corrected chi connectivity index (χ2v) is 3.00. The molecule has 1 rings (SSSR count). The minimum absolute atomic E-state index is 0.0247. The predicted molar refractivity (Wildman–Crippen MR) is 50.2 cm³/mol. The molecule has 0 aromatic heterocycles. The lowest BCUT2D eigenvalue weighted by Crippen LogP contribution is -2.31. The number of carbonyl (C=O) groups is 1. The molecule has 1 amide bonds. The van der Waals surface area contributed by atoms with Gasteiger partial charge in [-0.15, -0.1) is 13.2 Å². The van der Waals surface area contributed by atoms with Gasteiger partial charge in [0.15, 0.2) is 5.75 Å². The third-order valence-electron chi connectivity index (χ3n) is 1.68. The summed E-state index contributed by atoms with van der Waals surface area (Å²) in [6.45, 7) is 0. The molecule has 0 aliphatic carbocycles. The van der Waals surface area contributed by atoms with E-state index in [9.17, 15) is 18.0 Å². The fraction of sp³-hybridized carbons (Fsp3) is 0.222. The maximum Gasteiger partial charge on any atom is 0.558 e. The van der Waals surface area contributed by atoms with Gasteiger partial charge in [-0.05, 0) is 17.7 Å². The molecule has 1 aromatic rings. The van der Waals surface area contributed by atoms with Gasteiger partial charge < -0.3 is 4.89 Å². The van der Waals surface area contributed by atoms with Gasteiger partial charge in [0.25, 0.3) is 0 Å². The van der Waals surface area contributed by atoms with E-state index < -0.39 is 12.3 Å². The fourth-order valence-electron chi connectivity index (χ4n) is 0.995. The summed E-state index contributed by atoms with van der Waals surface area (Å²) in [5, 5.41) is 0. The third kappa shape index (κ3) is 5.18. The molecule has 0 aliphatic rings. The summed E-state index contributed by atoms with van der Waals surface area (Å²) in [6.07, 6.45) is -4.84. The zero-order valence-corrected chi connectivity index (χ0v) is 8.45. The average Bonchev–Trinajstić information content (AvgIpc) is 2.27. The summed E-state index contributed by atoms with van der Waals surface area (Å²) in [4.78, 5) is 18.0. The number of carbonyl (C=O) groups excluding carboxylic acids is 1. The summed E-state index contributed by atoms with van der Waals surface area (Å²) >= 11 is 0. The second kappa shape index (κ2) is 5.51. The number of amides is 1. The van der Waals surface area contributed by atoms with Crippen molar-refractivity contribution in [2.45, 2.75) is 12.8 Å². The Balaban J connectivity index is 2.53. The first-order chi connectivity index (χ1) is 7.90. The first-order valence-electron chi connectivity index (χ1n) is 4.41. The van der Waals surface area contributed by atoms with E-state index in [4.69, 9.17) is 5.84 Å². The summed E-state index contributed by atoms with van der Waals surface area (Å²) in [5.74, 6) is 4.34. The highest BCUT2D eigenvalue weighted by Crippen LogP contribution is 2.20. The van der Waals surface area contributed by atoms with Crippen LogP contribution in [0, 0.1) is 0 Å². The quantitative estimate of drug-likeness (QED) is 0.362. The van der Waals surface area contributed by atoms with Crippen molar-refractivity contribution in [3.8, 4) is 5.75 Å². The highest BCUT2D eigenvalue weighted by molar-refractivity contribution is 5.77. The average molecular weight is 250 g/mol. The molecule has 0 spiro atoms. The van der Waals surface area contributed by atoms with E-state index in [-0.39, 0.29) is 12.2 Å². The van der Waals surface area contributed by atoms with Crippen molar-refractivity contribution in [3.63, 3.8) is 0 Å². The fourth-order valence-corrected chi connectivity index (χ4v) is 0.995. The summed E-state index contributed by atoms with van der Waals surface area (Å²) in [5.41, 5.74) is 2.51. The van der Waals surface area contributed by atoms with E-state index in [0.717, 1.165) is 0 Å². The van der Waals surface area contributed by atoms with Crippen molar-refractivity contribution >= 4 is 5.91 Å². The van der Waals surface area contributed by atoms with E-state index in [1.165, 1.54) is 24.3 Å². The molecule has 8 heteroatoms. The van der Waals surface area contributed by atoms with Crippen LogP contribution in [0.15, 0.2) is 24.3 Å². The summed E-state index contributed by atoms with van der Waals surface area (Å²) < 4.78 is 34.9. The Morgan fingerprint density at radius 3 is 2.35 bits per heavy atom. The van der Waals surface area contributed by atoms with Crippen molar-refractivity contribution < 1.29 is 27.7 Å². The van der Waals surface area contributed by atoms with Crippen LogP contribution in [0.25, 0.3) is 0 Å². The van der Waals surface area contributed by atoms with E-state index >= 15 is 0 Å². The Morgan fingerprint density at radius 2 is 1.88 bits per heavy atom. The van der Waals surface area contributed by atoms with Crippen LogP contribution in [0.1, 0.15) is 5.56 Å². The standard InChI is InChI=1S/C9H9F3N2O3/c10-9(11,12)17-16-7-3-1-6(2-4-7)5-8(15)14-13/h1-4H,5,13H2,(H,14,15). The molecular formula is C9H9F3N2O3. The maximum absolute atomic E-state index is 11.6. The molecule has 1 aromatic carbocycles. The molecule has 0 atom stereocenters. The first-order valence-corrected chi connectivity index (χ1v) is 4.41. The van der Waals surface area contributed by atoms with Crippen molar-refractivity contribution in [2.75, 3.05) is 0 Å². The van der Waals surface area contributed by atoms with Crippen LogP contribution in [-0.4, -0.2) is 12.3 Å². The number of hydrogen-bond donors (Lipinski definition) is 2. The predicted octanol–water partition coefficient (Wildman–Crippen LogP) is 1.05. The number of halogens is 3. The first kappa shape index (κ1) is 13.3. The molecule has 0 bridgehead atoms. The van der Waals surface area contributed by atoms with E-state index in [0.29, 0.717) is 5.56 Å². The van der Waals surface area contributed by atoms with E-state index in [1.54, 1.807) is 0 Å². The van der Waals surface area contributed by atoms with Gasteiger partial charge in [0.2, 0.25) is 5.91 Å².